The van der Waals surface area contributed by atoms with Crippen LogP contribution >= 0.6 is 0 Å². The van der Waals surface area contributed by atoms with E-state index in [0.717, 1.165) is 5.56 Å². The van der Waals surface area contributed by atoms with Crippen LogP contribution in [-0.4, -0.2) is 54.6 Å². The number of piperazine rings is 1. The third kappa shape index (κ3) is 3.76. The number of amides is 2. The molecule has 0 atom stereocenters. The first-order valence-electron chi connectivity index (χ1n) is 7.32. The van der Waals surface area contributed by atoms with E-state index in [1.807, 2.05) is 6.07 Å². The number of hydrogen-bond donors (Lipinski definition) is 0. The van der Waals surface area contributed by atoms with Gasteiger partial charge in [0.15, 0.2) is 0 Å². The van der Waals surface area contributed by atoms with Gasteiger partial charge in [-0.15, -0.1) is 0 Å². The smallest absolute Gasteiger partial charge is 0.409 e. The summed E-state index contributed by atoms with van der Waals surface area (Å²) in [7, 11) is 0. The maximum absolute atomic E-state index is 12.5. The summed E-state index contributed by atoms with van der Waals surface area (Å²) in [6, 6.07) is 9.20. The van der Waals surface area contributed by atoms with E-state index < -0.39 is 0 Å². The Morgan fingerprint density at radius 3 is 2.55 bits per heavy atom. The minimum Gasteiger partial charge on any atom is -0.450 e. The molecule has 1 aliphatic rings. The van der Waals surface area contributed by atoms with Crippen molar-refractivity contribution in [2.45, 2.75) is 13.3 Å². The summed E-state index contributed by atoms with van der Waals surface area (Å²) in [6.45, 7) is 4.04. The summed E-state index contributed by atoms with van der Waals surface area (Å²) in [6.07, 6.45) is -0.0387. The second-order valence-corrected chi connectivity index (χ2v) is 5.01. The third-order valence-electron chi connectivity index (χ3n) is 3.55. The average molecular weight is 301 g/mol. The first-order chi connectivity index (χ1) is 10.7. The number of carbonyl (C=O) groups is 2. The molecule has 2 amide bonds. The standard InChI is InChI=1S/C16H19N3O3/c1-2-22-16(21)19-10-8-18(9-11-19)15(20)14-5-3-4-13(12-14)6-7-17/h3-5,12H,2,6,8-11H2,1H3. The number of rotatable bonds is 3. The SMILES string of the molecule is CCOC(=O)N1CCN(C(=O)c2cccc(CC#N)c2)CC1. The number of ether oxygens (including phenoxy) is 1. The molecule has 0 bridgehead atoms. The molecule has 116 valence electrons. The zero-order valence-electron chi connectivity index (χ0n) is 12.6. The lowest BCUT2D eigenvalue weighted by molar-refractivity contribution is 0.0570. The Morgan fingerprint density at radius 2 is 1.91 bits per heavy atom. The van der Waals surface area contributed by atoms with E-state index in [1.54, 1.807) is 34.9 Å². The molecule has 6 heteroatoms. The molecule has 0 unspecified atom stereocenters. The number of carbonyl (C=O) groups excluding carboxylic acids is 2. The molecule has 1 saturated heterocycles. The van der Waals surface area contributed by atoms with Gasteiger partial charge in [-0.3, -0.25) is 4.79 Å². The molecule has 0 spiro atoms. The summed E-state index contributed by atoms with van der Waals surface area (Å²) in [5.74, 6) is -0.0664. The summed E-state index contributed by atoms with van der Waals surface area (Å²) >= 11 is 0. The molecular formula is C16H19N3O3. The quantitative estimate of drug-likeness (QED) is 0.851. The Balaban J connectivity index is 1.96. The van der Waals surface area contributed by atoms with Crippen LogP contribution in [0.4, 0.5) is 4.79 Å². The third-order valence-corrected chi connectivity index (χ3v) is 3.55. The lowest BCUT2D eigenvalue weighted by atomic mass is 10.1. The van der Waals surface area contributed by atoms with E-state index in [4.69, 9.17) is 10.00 Å². The lowest BCUT2D eigenvalue weighted by Gasteiger charge is -2.34. The van der Waals surface area contributed by atoms with E-state index in [9.17, 15) is 9.59 Å². The highest BCUT2D eigenvalue weighted by Crippen LogP contribution is 2.12. The molecule has 0 saturated carbocycles. The van der Waals surface area contributed by atoms with Crippen molar-refractivity contribution in [2.75, 3.05) is 32.8 Å². The van der Waals surface area contributed by atoms with Crippen LogP contribution in [-0.2, 0) is 11.2 Å². The molecule has 1 heterocycles. The van der Waals surface area contributed by atoms with E-state index in [0.29, 0.717) is 38.3 Å². The normalized spacial score (nSPS) is 14.4. The molecule has 0 N–H and O–H groups in total. The summed E-state index contributed by atoms with van der Waals surface area (Å²) < 4.78 is 4.96. The highest BCUT2D eigenvalue weighted by atomic mass is 16.6. The molecule has 0 radical (unpaired) electrons. The highest BCUT2D eigenvalue weighted by Gasteiger charge is 2.25. The Bertz CT molecular complexity index is 587. The van der Waals surface area contributed by atoms with Crippen molar-refractivity contribution >= 4 is 12.0 Å². The molecular weight excluding hydrogens is 282 g/mol. The predicted octanol–water partition coefficient (Wildman–Crippen LogP) is 1.67. The van der Waals surface area contributed by atoms with Gasteiger partial charge in [0.25, 0.3) is 5.91 Å². The Hall–Kier alpha value is -2.55. The largest absolute Gasteiger partial charge is 0.450 e. The van der Waals surface area contributed by atoms with Crippen LogP contribution in [0.5, 0.6) is 0 Å². The van der Waals surface area contributed by atoms with Crippen molar-refractivity contribution in [3.05, 3.63) is 35.4 Å². The van der Waals surface area contributed by atoms with Gasteiger partial charge in [0.05, 0.1) is 19.1 Å². The number of hydrogen-bond acceptors (Lipinski definition) is 4. The fourth-order valence-electron chi connectivity index (χ4n) is 2.40. The minimum absolute atomic E-state index is 0.0664. The molecule has 1 aromatic rings. The van der Waals surface area contributed by atoms with Crippen molar-refractivity contribution in [1.29, 1.82) is 5.26 Å². The van der Waals surface area contributed by atoms with Gasteiger partial charge in [0.1, 0.15) is 0 Å². The first kappa shape index (κ1) is 15.8. The minimum atomic E-state index is -0.328. The van der Waals surface area contributed by atoms with E-state index in [1.165, 1.54) is 0 Å². The van der Waals surface area contributed by atoms with Crippen LogP contribution in [0.1, 0.15) is 22.8 Å². The second kappa shape index (κ2) is 7.46. The summed E-state index contributed by atoms with van der Waals surface area (Å²) in [4.78, 5) is 27.4. The molecule has 0 aliphatic carbocycles. The molecule has 0 aromatic heterocycles. The molecule has 1 aliphatic heterocycles. The maximum Gasteiger partial charge on any atom is 0.409 e. The molecule has 2 rings (SSSR count). The Labute approximate surface area is 129 Å². The monoisotopic (exact) mass is 301 g/mol. The average Bonchev–Trinajstić information content (AvgIpc) is 2.55. The lowest BCUT2D eigenvalue weighted by Crippen LogP contribution is -2.50. The first-order valence-corrected chi connectivity index (χ1v) is 7.32. The van der Waals surface area contributed by atoms with Crippen molar-refractivity contribution in [1.82, 2.24) is 9.80 Å². The van der Waals surface area contributed by atoms with Crippen LogP contribution in [0.3, 0.4) is 0 Å². The number of benzene rings is 1. The van der Waals surface area contributed by atoms with E-state index in [2.05, 4.69) is 6.07 Å². The van der Waals surface area contributed by atoms with Gasteiger partial charge in [-0.2, -0.15) is 5.26 Å². The Morgan fingerprint density at radius 1 is 1.23 bits per heavy atom. The summed E-state index contributed by atoms with van der Waals surface area (Å²) in [5, 5.41) is 8.73. The second-order valence-electron chi connectivity index (χ2n) is 5.01. The summed E-state index contributed by atoms with van der Waals surface area (Å²) in [5.41, 5.74) is 1.41. The van der Waals surface area contributed by atoms with Crippen LogP contribution in [0.25, 0.3) is 0 Å². The maximum atomic E-state index is 12.5. The van der Waals surface area contributed by atoms with Crippen molar-refractivity contribution in [3.8, 4) is 6.07 Å². The topological polar surface area (TPSA) is 73.6 Å². The van der Waals surface area contributed by atoms with Gasteiger partial charge >= 0.3 is 6.09 Å². The van der Waals surface area contributed by atoms with Gasteiger partial charge in [0, 0.05) is 31.7 Å². The van der Waals surface area contributed by atoms with E-state index in [-0.39, 0.29) is 18.4 Å². The van der Waals surface area contributed by atoms with Crippen LogP contribution in [0.15, 0.2) is 24.3 Å². The fourth-order valence-corrected chi connectivity index (χ4v) is 2.40. The molecule has 6 nitrogen and oxygen atoms in total. The highest BCUT2D eigenvalue weighted by molar-refractivity contribution is 5.94. The molecule has 1 fully saturated rings. The zero-order chi connectivity index (χ0) is 15.9. The fraction of sp³-hybridized carbons (Fsp3) is 0.438. The van der Waals surface area contributed by atoms with Gasteiger partial charge in [0.2, 0.25) is 0 Å². The molecule has 1 aromatic carbocycles. The van der Waals surface area contributed by atoms with Gasteiger partial charge in [-0.1, -0.05) is 12.1 Å². The van der Waals surface area contributed by atoms with Crippen LogP contribution in [0.2, 0.25) is 0 Å². The Kier molecular flexibility index (Phi) is 5.37. The zero-order valence-corrected chi connectivity index (χ0v) is 12.6. The van der Waals surface area contributed by atoms with Gasteiger partial charge in [-0.05, 0) is 24.6 Å². The molecule has 22 heavy (non-hydrogen) atoms. The van der Waals surface area contributed by atoms with Crippen molar-refractivity contribution < 1.29 is 14.3 Å². The van der Waals surface area contributed by atoms with Crippen LogP contribution in [0, 0.1) is 11.3 Å². The van der Waals surface area contributed by atoms with Crippen molar-refractivity contribution in [3.63, 3.8) is 0 Å². The number of nitrogens with zero attached hydrogens (tertiary/aromatic N) is 3. The van der Waals surface area contributed by atoms with Gasteiger partial charge < -0.3 is 14.5 Å². The number of nitriles is 1. The van der Waals surface area contributed by atoms with Crippen molar-refractivity contribution in [2.24, 2.45) is 0 Å². The van der Waals surface area contributed by atoms with E-state index >= 15 is 0 Å². The van der Waals surface area contributed by atoms with Crippen LogP contribution < -0.4 is 0 Å². The van der Waals surface area contributed by atoms with Gasteiger partial charge in [-0.25, -0.2) is 4.79 Å². The predicted molar refractivity (Wildman–Crippen MR) is 80.3 cm³/mol.